The monoisotopic (exact) mass is 267 g/mol. The molecule has 0 bridgehead atoms. The molecule has 0 unspecified atom stereocenters. The maximum absolute atomic E-state index is 8.57. The zero-order valence-corrected chi connectivity index (χ0v) is 12.2. The Hall–Kier alpha value is -1.56. The van der Waals surface area contributed by atoms with E-state index in [1.54, 1.807) is 0 Å². The van der Waals surface area contributed by atoms with Gasteiger partial charge in [0.25, 0.3) is 0 Å². The van der Waals surface area contributed by atoms with Gasteiger partial charge in [-0.15, -0.1) is 0 Å². The SMILES string of the molecule is CC(C)N(CCC(N)=NO)Cc1ccn(C(C)C)n1. The Morgan fingerprint density at radius 2 is 2.16 bits per heavy atom. The predicted octanol–water partition coefficient (Wildman–Crippen LogP) is 1.81. The van der Waals surface area contributed by atoms with E-state index in [0.717, 1.165) is 18.8 Å². The third-order valence-electron chi connectivity index (χ3n) is 3.07. The summed E-state index contributed by atoms with van der Waals surface area (Å²) < 4.78 is 1.96. The Morgan fingerprint density at radius 1 is 1.47 bits per heavy atom. The molecule has 6 nitrogen and oxygen atoms in total. The Balaban J connectivity index is 2.62. The third kappa shape index (κ3) is 4.90. The molecule has 1 heterocycles. The van der Waals surface area contributed by atoms with Crippen LogP contribution in [0.5, 0.6) is 0 Å². The second-order valence-corrected chi connectivity index (χ2v) is 5.29. The lowest BCUT2D eigenvalue weighted by Crippen LogP contribution is -2.33. The lowest BCUT2D eigenvalue weighted by atomic mass is 10.2. The van der Waals surface area contributed by atoms with Crippen LogP contribution in [0.4, 0.5) is 0 Å². The Bertz CT molecular complexity index is 411. The van der Waals surface area contributed by atoms with E-state index in [2.05, 4.69) is 42.8 Å². The Morgan fingerprint density at radius 3 is 2.63 bits per heavy atom. The van der Waals surface area contributed by atoms with Gasteiger partial charge in [0.2, 0.25) is 0 Å². The molecular weight excluding hydrogens is 242 g/mol. The minimum Gasteiger partial charge on any atom is -0.409 e. The summed E-state index contributed by atoms with van der Waals surface area (Å²) in [5, 5.41) is 16.1. The van der Waals surface area contributed by atoms with Crippen molar-refractivity contribution in [1.29, 1.82) is 0 Å². The van der Waals surface area contributed by atoms with Crippen LogP contribution in [0.25, 0.3) is 0 Å². The molecule has 0 radical (unpaired) electrons. The van der Waals surface area contributed by atoms with E-state index in [-0.39, 0.29) is 5.84 Å². The van der Waals surface area contributed by atoms with Gasteiger partial charge in [-0.1, -0.05) is 5.16 Å². The van der Waals surface area contributed by atoms with Crippen molar-refractivity contribution >= 4 is 5.84 Å². The van der Waals surface area contributed by atoms with E-state index in [9.17, 15) is 0 Å². The summed E-state index contributed by atoms with van der Waals surface area (Å²) >= 11 is 0. The van der Waals surface area contributed by atoms with E-state index in [0.29, 0.717) is 18.5 Å². The van der Waals surface area contributed by atoms with Crippen molar-refractivity contribution in [3.8, 4) is 0 Å². The lowest BCUT2D eigenvalue weighted by Gasteiger charge is -2.25. The number of hydrogen-bond acceptors (Lipinski definition) is 4. The summed E-state index contributed by atoms with van der Waals surface area (Å²) in [6, 6.07) is 2.80. The fourth-order valence-electron chi connectivity index (χ4n) is 1.79. The van der Waals surface area contributed by atoms with Gasteiger partial charge in [-0.2, -0.15) is 5.10 Å². The van der Waals surface area contributed by atoms with Gasteiger partial charge < -0.3 is 10.9 Å². The van der Waals surface area contributed by atoms with Crippen LogP contribution < -0.4 is 5.73 Å². The molecule has 0 aliphatic rings. The van der Waals surface area contributed by atoms with Gasteiger partial charge in [0.15, 0.2) is 0 Å². The first-order valence-electron chi connectivity index (χ1n) is 6.68. The largest absolute Gasteiger partial charge is 0.409 e. The normalized spacial score (nSPS) is 12.9. The highest BCUT2D eigenvalue weighted by Gasteiger charge is 2.13. The van der Waals surface area contributed by atoms with Crippen LogP contribution in [-0.4, -0.2) is 38.3 Å². The smallest absolute Gasteiger partial charge is 0.140 e. The number of amidine groups is 1. The van der Waals surface area contributed by atoms with Crippen molar-refractivity contribution in [2.45, 2.75) is 52.7 Å². The lowest BCUT2D eigenvalue weighted by molar-refractivity contribution is 0.214. The zero-order chi connectivity index (χ0) is 14.4. The maximum atomic E-state index is 8.57. The van der Waals surface area contributed by atoms with Gasteiger partial charge in [0.05, 0.1) is 5.69 Å². The molecule has 0 saturated heterocycles. The molecule has 1 rings (SSSR count). The van der Waals surface area contributed by atoms with Gasteiger partial charge in [0.1, 0.15) is 5.84 Å². The standard InChI is InChI=1S/C13H25N5O/c1-10(2)17(7-6-13(14)16-19)9-12-5-8-18(15-12)11(3)4/h5,8,10-11,19H,6-7,9H2,1-4H3,(H2,14,16). The first-order chi connectivity index (χ1) is 8.93. The van der Waals surface area contributed by atoms with Crippen LogP contribution in [-0.2, 0) is 6.54 Å². The molecule has 19 heavy (non-hydrogen) atoms. The van der Waals surface area contributed by atoms with Crippen molar-refractivity contribution in [3.05, 3.63) is 18.0 Å². The van der Waals surface area contributed by atoms with Crippen molar-refractivity contribution in [2.24, 2.45) is 10.9 Å². The first kappa shape index (κ1) is 15.5. The van der Waals surface area contributed by atoms with Crippen molar-refractivity contribution in [3.63, 3.8) is 0 Å². The number of aromatic nitrogens is 2. The molecule has 0 saturated carbocycles. The maximum Gasteiger partial charge on any atom is 0.140 e. The zero-order valence-electron chi connectivity index (χ0n) is 12.2. The summed E-state index contributed by atoms with van der Waals surface area (Å²) in [4.78, 5) is 2.26. The highest BCUT2D eigenvalue weighted by atomic mass is 16.4. The quantitative estimate of drug-likeness (QED) is 0.342. The second-order valence-electron chi connectivity index (χ2n) is 5.29. The molecule has 0 atom stereocenters. The molecule has 0 aliphatic carbocycles. The molecule has 0 aliphatic heterocycles. The van der Waals surface area contributed by atoms with Crippen LogP contribution in [0.3, 0.4) is 0 Å². The molecule has 1 aromatic rings. The molecule has 6 heteroatoms. The number of hydrogen-bond donors (Lipinski definition) is 2. The van der Waals surface area contributed by atoms with Gasteiger partial charge in [-0.25, -0.2) is 0 Å². The molecular formula is C13H25N5O. The van der Waals surface area contributed by atoms with Gasteiger partial charge in [0, 0.05) is 37.8 Å². The Kier molecular flexibility index (Phi) is 5.82. The molecule has 0 spiro atoms. The number of rotatable bonds is 7. The predicted molar refractivity (Wildman–Crippen MR) is 76.2 cm³/mol. The average molecular weight is 267 g/mol. The first-order valence-corrected chi connectivity index (χ1v) is 6.68. The topological polar surface area (TPSA) is 79.7 Å². The van der Waals surface area contributed by atoms with Gasteiger partial charge in [-0.05, 0) is 33.8 Å². The van der Waals surface area contributed by atoms with Crippen LogP contribution in [0.15, 0.2) is 17.4 Å². The number of oxime groups is 1. The van der Waals surface area contributed by atoms with Crippen LogP contribution in [0.1, 0.15) is 45.9 Å². The van der Waals surface area contributed by atoms with E-state index in [4.69, 9.17) is 10.9 Å². The molecule has 0 amide bonds. The average Bonchev–Trinajstić information content (AvgIpc) is 2.82. The van der Waals surface area contributed by atoms with Gasteiger partial charge >= 0.3 is 0 Å². The summed E-state index contributed by atoms with van der Waals surface area (Å²) in [5.74, 6) is 0.262. The second kappa shape index (κ2) is 7.13. The summed E-state index contributed by atoms with van der Waals surface area (Å²) in [5.41, 5.74) is 6.56. The van der Waals surface area contributed by atoms with E-state index in [1.807, 2.05) is 16.9 Å². The fraction of sp³-hybridized carbons (Fsp3) is 0.692. The third-order valence-corrected chi connectivity index (χ3v) is 3.07. The molecule has 0 aromatic carbocycles. The molecule has 1 aromatic heterocycles. The molecule has 108 valence electrons. The van der Waals surface area contributed by atoms with Crippen molar-refractivity contribution in [1.82, 2.24) is 14.7 Å². The highest BCUT2D eigenvalue weighted by Crippen LogP contribution is 2.09. The summed E-state index contributed by atoms with van der Waals surface area (Å²) in [7, 11) is 0. The number of nitrogens with zero attached hydrogens (tertiary/aromatic N) is 4. The minimum absolute atomic E-state index is 0.262. The van der Waals surface area contributed by atoms with Crippen molar-refractivity contribution < 1.29 is 5.21 Å². The van der Waals surface area contributed by atoms with Crippen LogP contribution in [0.2, 0.25) is 0 Å². The number of nitrogens with two attached hydrogens (primary N) is 1. The van der Waals surface area contributed by atoms with Gasteiger partial charge in [-0.3, -0.25) is 9.58 Å². The van der Waals surface area contributed by atoms with Crippen molar-refractivity contribution in [2.75, 3.05) is 6.54 Å². The van der Waals surface area contributed by atoms with Crippen LogP contribution >= 0.6 is 0 Å². The highest BCUT2D eigenvalue weighted by molar-refractivity contribution is 5.79. The molecule has 3 N–H and O–H groups in total. The summed E-state index contributed by atoms with van der Waals surface area (Å²) in [6.45, 7) is 10.0. The van der Waals surface area contributed by atoms with E-state index >= 15 is 0 Å². The van der Waals surface area contributed by atoms with Crippen LogP contribution in [0, 0.1) is 0 Å². The fourth-order valence-corrected chi connectivity index (χ4v) is 1.79. The Labute approximate surface area is 114 Å². The summed E-state index contributed by atoms with van der Waals surface area (Å²) in [6.07, 6.45) is 2.56. The molecule has 0 fully saturated rings. The minimum atomic E-state index is 0.262. The van der Waals surface area contributed by atoms with E-state index in [1.165, 1.54) is 0 Å². The van der Waals surface area contributed by atoms with E-state index < -0.39 is 0 Å².